The molecule has 0 saturated carbocycles. The van der Waals surface area contributed by atoms with Crippen LogP contribution < -0.4 is 5.56 Å². The number of aromatic nitrogens is 1. The van der Waals surface area contributed by atoms with E-state index in [0.717, 1.165) is 10.3 Å². The molecular weight excluding hydrogens is 318 g/mol. The van der Waals surface area contributed by atoms with Crippen LogP contribution in [0.25, 0.3) is 10.8 Å². The second kappa shape index (κ2) is 6.32. The minimum atomic E-state index is -3.08. The highest BCUT2D eigenvalue weighted by molar-refractivity contribution is 5.83. The van der Waals surface area contributed by atoms with E-state index in [2.05, 4.69) is 0 Å². The Morgan fingerprint density at radius 1 is 1.29 bits per heavy atom. The van der Waals surface area contributed by atoms with Crippen LogP contribution in [0.3, 0.4) is 0 Å². The number of benzene rings is 1. The van der Waals surface area contributed by atoms with Crippen molar-refractivity contribution in [2.45, 2.75) is 18.9 Å². The molecule has 0 aliphatic carbocycles. The molecule has 0 bridgehead atoms. The zero-order valence-corrected chi connectivity index (χ0v) is 13.2. The van der Waals surface area contributed by atoms with Gasteiger partial charge in [0, 0.05) is 18.1 Å². The summed E-state index contributed by atoms with van der Waals surface area (Å²) < 4.78 is 33.4. The number of alkyl halides is 2. The lowest BCUT2D eigenvalue weighted by molar-refractivity contribution is -0.139. The normalized spacial score (nSPS) is 19.0. The van der Waals surface area contributed by atoms with Gasteiger partial charge in [-0.15, -0.1) is 0 Å². The second-order valence-corrected chi connectivity index (χ2v) is 5.96. The van der Waals surface area contributed by atoms with Gasteiger partial charge in [0.05, 0.1) is 13.2 Å². The molecule has 0 spiro atoms. The van der Waals surface area contributed by atoms with Gasteiger partial charge in [0.2, 0.25) is 5.91 Å². The van der Waals surface area contributed by atoms with Crippen molar-refractivity contribution >= 4 is 16.7 Å². The Morgan fingerprint density at radius 3 is 2.83 bits per heavy atom. The van der Waals surface area contributed by atoms with Crippen LogP contribution in [0.15, 0.2) is 41.3 Å². The first-order chi connectivity index (χ1) is 11.4. The number of nitrogens with zero attached hydrogens (tertiary/aromatic N) is 2. The Kier molecular flexibility index (Phi) is 4.36. The Morgan fingerprint density at radius 2 is 2.04 bits per heavy atom. The maximum absolute atomic E-state index is 13.6. The fourth-order valence-corrected chi connectivity index (χ4v) is 2.88. The highest BCUT2D eigenvalue weighted by Gasteiger charge is 2.37. The summed E-state index contributed by atoms with van der Waals surface area (Å²) in [6, 6.07) is 7.92. The zero-order valence-electron chi connectivity index (χ0n) is 13.2. The van der Waals surface area contributed by atoms with Crippen molar-refractivity contribution < 1.29 is 18.3 Å². The summed E-state index contributed by atoms with van der Waals surface area (Å²) in [6.07, 6.45) is 1.53. The molecular formula is C17H18F2N2O3. The van der Waals surface area contributed by atoms with E-state index in [0.29, 0.717) is 5.39 Å². The molecule has 1 atom stereocenters. The van der Waals surface area contributed by atoms with E-state index in [1.807, 2.05) is 6.07 Å². The highest BCUT2D eigenvalue weighted by Crippen LogP contribution is 2.21. The van der Waals surface area contributed by atoms with Gasteiger partial charge in [-0.2, -0.15) is 0 Å². The van der Waals surface area contributed by atoms with Crippen LogP contribution in [0.1, 0.15) is 13.0 Å². The van der Waals surface area contributed by atoms with E-state index in [9.17, 15) is 18.4 Å². The maximum atomic E-state index is 13.6. The topological polar surface area (TPSA) is 51.5 Å². The van der Waals surface area contributed by atoms with Gasteiger partial charge in [-0.25, -0.2) is 8.78 Å². The molecule has 0 N–H and O–H groups in total. The van der Waals surface area contributed by atoms with E-state index < -0.39 is 31.0 Å². The molecule has 1 amide bonds. The fourth-order valence-electron chi connectivity index (χ4n) is 2.88. The van der Waals surface area contributed by atoms with E-state index >= 15 is 0 Å². The third kappa shape index (κ3) is 3.17. The monoisotopic (exact) mass is 336 g/mol. The van der Waals surface area contributed by atoms with Gasteiger partial charge in [-0.05, 0) is 24.4 Å². The first kappa shape index (κ1) is 16.6. The van der Waals surface area contributed by atoms with Crippen molar-refractivity contribution in [2.75, 3.05) is 26.3 Å². The summed E-state index contributed by atoms with van der Waals surface area (Å²) in [7, 11) is 0. The molecule has 2 heterocycles. The van der Waals surface area contributed by atoms with Crippen LogP contribution in [0.4, 0.5) is 8.78 Å². The standard InChI is InChI=1S/C17H18F2N2O3/c1-12(15(22)20-8-9-24-11-17(18,19)10-20)21-7-6-13-4-2-3-5-14(13)16(21)23/h2-7,12H,8-11H2,1H3. The number of rotatable bonds is 2. The highest BCUT2D eigenvalue weighted by atomic mass is 19.3. The fraction of sp³-hybridized carbons (Fsp3) is 0.412. The van der Waals surface area contributed by atoms with E-state index in [4.69, 9.17) is 4.74 Å². The average molecular weight is 336 g/mol. The van der Waals surface area contributed by atoms with E-state index in [-0.39, 0.29) is 18.7 Å². The number of carbonyl (C=O) groups excluding carboxylic acids is 1. The minimum Gasteiger partial charge on any atom is -0.373 e. The molecule has 1 aromatic carbocycles. The Labute approximate surface area is 137 Å². The molecule has 7 heteroatoms. The molecule has 2 aromatic rings. The Hall–Kier alpha value is -2.28. The van der Waals surface area contributed by atoms with Crippen LogP contribution in [-0.4, -0.2) is 47.6 Å². The van der Waals surface area contributed by atoms with Crippen molar-refractivity contribution in [2.24, 2.45) is 0 Å². The van der Waals surface area contributed by atoms with Crippen molar-refractivity contribution in [1.82, 2.24) is 9.47 Å². The van der Waals surface area contributed by atoms with Crippen LogP contribution >= 0.6 is 0 Å². The van der Waals surface area contributed by atoms with Gasteiger partial charge >= 0.3 is 0 Å². The maximum Gasteiger partial charge on any atom is 0.288 e. The molecule has 1 fully saturated rings. The molecule has 1 aliphatic heterocycles. The number of hydrogen-bond acceptors (Lipinski definition) is 3. The average Bonchev–Trinajstić information content (AvgIpc) is 2.75. The number of pyridine rings is 1. The molecule has 1 aliphatic rings. The lowest BCUT2D eigenvalue weighted by Gasteiger charge is -2.27. The van der Waals surface area contributed by atoms with Crippen molar-refractivity contribution in [3.63, 3.8) is 0 Å². The first-order valence-electron chi connectivity index (χ1n) is 7.73. The molecule has 1 aromatic heterocycles. The molecule has 24 heavy (non-hydrogen) atoms. The number of amides is 1. The summed E-state index contributed by atoms with van der Waals surface area (Å²) >= 11 is 0. The summed E-state index contributed by atoms with van der Waals surface area (Å²) in [5.74, 6) is -3.60. The lowest BCUT2D eigenvalue weighted by atomic mass is 10.1. The smallest absolute Gasteiger partial charge is 0.288 e. The van der Waals surface area contributed by atoms with E-state index in [1.165, 1.54) is 10.8 Å². The quantitative estimate of drug-likeness (QED) is 0.843. The van der Waals surface area contributed by atoms with Gasteiger partial charge in [-0.1, -0.05) is 18.2 Å². The third-order valence-corrected chi connectivity index (χ3v) is 4.17. The van der Waals surface area contributed by atoms with Gasteiger partial charge in [0.15, 0.2) is 0 Å². The van der Waals surface area contributed by atoms with Gasteiger partial charge in [0.1, 0.15) is 12.6 Å². The molecule has 128 valence electrons. The number of ether oxygens (including phenoxy) is 1. The SMILES string of the molecule is CC(C(=O)N1CCOCC(F)(F)C1)n1ccc2ccccc2c1=O. The van der Waals surface area contributed by atoms with Gasteiger partial charge < -0.3 is 14.2 Å². The molecule has 1 unspecified atom stereocenters. The number of halogens is 2. The second-order valence-electron chi connectivity index (χ2n) is 5.96. The van der Waals surface area contributed by atoms with Crippen LogP contribution in [0, 0.1) is 0 Å². The predicted octanol–water partition coefficient (Wildman–Crippen LogP) is 2.06. The largest absolute Gasteiger partial charge is 0.373 e. The molecule has 1 saturated heterocycles. The van der Waals surface area contributed by atoms with Crippen molar-refractivity contribution in [1.29, 1.82) is 0 Å². The third-order valence-electron chi connectivity index (χ3n) is 4.17. The minimum absolute atomic E-state index is 0.0562. The summed E-state index contributed by atoms with van der Waals surface area (Å²) in [6.45, 7) is 0.295. The van der Waals surface area contributed by atoms with Crippen molar-refractivity contribution in [3.05, 3.63) is 46.9 Å². The molecule has 3 rings (SSSR count). The van der Waals surface area contributed by atoms with Crippen LogP contribution in [0.5, 0.6) is 0 Å². The lowest BCUT2D eigenvalue weighted by Crippen LogP contribution is -2.45. The summed E-state index contributed by atoms with van der Waals surface area (Å²) in [4.78, 5) is 26.2. The van der Waals surface area contributed by atoms with Crippen molar-refractivity contribution in [3.8, 4) is 0 Å². The number of carbonyl (C=O) groups is 1. The zero-order chi connectivity index (χ0) is 17.3. The number of hydrogen-bond donors (Lipinski definition) is 0. The van der Waals surface area contributed by atoms with Crippen LogP contribution in [-0.2, 0) is 9.53 Å². The molecule has 5 nitrogen and oxygen atoms in total. The van der Waals surface area contributed by atoms with Gasteiger partial charge in [-0.3, -0.25) is 9.59 Å². The Balaban J connectivity index is 1.91. The van der Waals surface area contributed by atoms with Gasteiger partial charge in [0.25, 0.3) is 11.5 Å². The summed E-state index contributed by atoms with van der Waals surface area (Å²) in [5, 5.41) is 1.26. The molecule has 0 radical (unpaired) electrons. The Bertz CT molecular complexity index is 819. The van der Waals surface area contributed by atoms with Crippen LogP contribution in [0.2, 0.25) is 0 Å². The first-order valence-corrected chi connectivity index (χ1v) is 7.73. The summed E-state index contributed by atoms with van der Waals surface area (Å²) in [5.41, 5.74) is -0.313. The number of fused-ring (bicyclic) bond motifs is 1. The van der Waals surface area contributed by atoms with E-state index in [1.54, 1.807) is 31.2 Å². The predicted molar refractivity (Wildman–Crippen MR) is 85.3 cm³/mol.